The monoisotopic (exact) mass is 267 g/mol. The first-order valence-electron chi connectivity index (χ1n) is 7.12. The highest BCUT2D eigenvalue weighted by atomic mass is 16.5. The highest BCUT2D eigenvalue weighted by molar-refractivity contribution is 5.41. The minimum atomic E-state index is -0.173. The molecule has 0 radical (unpaired) electrons. The van der Waals surface area contributed by atoms with Crippen molar-refractivity contribution in [3.63, 3.8) is 0 Å². The minimum absolute atomic E-state index is 0.173. The summed E-state index contributed by atoms with van der Waals surface area (Å²) >= 11 is 0. The van der Waals surface area contributed by atoms with E-state index in [0.717, 1.165) is 38.5 Å². The van der Waals surface area contributed by atoms with Gasteiger partial charge in [0.05, 0.1) is 13.2 Å². The summed E-state index contributed by atoms with van der Waals surface area (Å²) in [6, 6.07) is 10.5. The van der Waals surface area contributed by atoms with Gasteiger partial charge in [-0.15, -0.1) is 0 Å². The van der Waals surface area contributed by atoms with Gasteiger partial charge in [0.25, 0.3) is 0 Å². The van der Waals surface area contributed by atoms with E-state index in [-0.39, 0.29) is 5.60 Å². The Hall–Kier alpha value is -1.94. The summed E-state index contributed by atoms with van der Waals surface area (Å²) in [5.74, 6) is 0.805. The summed E-state index contributed by atoms with van der Waals surface area (Å²) in [6.45, 7) is 2.43. The summed E-state index contributed by atoms with van der Waals surface area (Å²) in [5, 5.41) is 0. The van der Waals surface area contributed by atoms with Crippen LogP contribution in [0.5, 0.6) is 0 Å². The molecule has 1 aromatic carbocycles. The zero-order chi connectivity index (χ0) is 13.4. The lowest BCUT2D eigenvalue weighted by Gasteiger charge is -2.41. The summed E-state index contributed by atoms with van der Waals surface area (Å²) in [5.41, 5.74) is 2.59. The Bertz CT molecular complexity index is 612. The molecule has 1 aliphatic heterocycles. The van der Waals surface area contributed by atoms with Crippen LogP contribution in [-0.4, -0.2) is 29.7 Å². The predicted octanol–water partition coefficient (Wildman–Crippen LogP) is 2.15. The first-order valence-corrected chi connectivity index (χ1v) is 7.12. The van der Waals surface area contributed by atoms with Crippen molar-refractivity contribution in [2.45, 2.75) is 18.4 Å². The lowest BCUT2D eigenvalue weighted by molar-refractivity contribution is -0.0596. The van der Waals surface area contributed by atoms with Crippen molar-refractivity contribution in [1.82, 2.24) is 9.97 Å². The summed E-state index contributed by atoms with van der Waals surface area (Å²) in [7, 11) is 0. The minimum Gasteiger partial charge on any atom is -0.367 e. The highest BCUT2D eigenvalue weighted by Gasteiger charge is 2.43. The van der Waals surface area contributed by atoms with E-state index >= 15 is 0 Å². The predicted molar refractivity (Wildman–Crippen MR) is 76.6 cm³/mol. The maximum absolute atomic E-state index is 6.21. The molecule has 20 heavy (non-hydrogen) atoms. The van der Waals surface area contributed by atoms with Crippen LogP contribution in [0.1, 0.15) is 17.5 Å². The average Bonchev–Trinajstić information content (AvgIpc) is 2.87. The van der Waals surface area contributed by atoms with Gasteiger partial charge < -0.3 is 9.64 Å². The number of aryl methyl sites for hydroxylation is 1. The van der Waals surface area contributed by atoms with E-state index < -0.39 is 0 Å². The lowest BCUT2D eigenvalue weighted by atomic mass is 9.94. The molecule has 1 saturated heterocycles. The largest absolute Gasteiger partial charge is 0.367 e. The zero-order valence-corrected chi connectivity index (χ0v) is 11.3. The number of rotatable bonds is 1. The number of hydrogen-bond acceptors (Lipinski definition) is 4. The number of aromatic nitrogens is 2. The van der Waals surface area contributed by atoms with E-state index in [2.05, 4.69) is 39.1 Å². The van der Waals surface area contributed by atoms with E-state index in [1.165, 1.54) is 11.1 Å². The molecule has 4 rings (SSSR count). The van der Waals surface area contributed by atoms with Gasteiger partial charge in [-0.2, -0.15) is 0 Å². The van der Waals surface area contributed by atoms with Crippen LogP contribution in [-0.2, 0) is 16.8 Å². The maximum atomic E-state index is 6.21. The number of hydrogen-bond donors (Lipinski definition) is 0. The Morgan fingerprint density at radius 2 is 1.95 bits per heavy atom. The smallest absolute Gasteiger partial charge is 0.225 e. The van der Waals surface area contributed by atoms with Crippen LogP contribution < -0.4 is 4.90 Å². The van der Waals surface area contributed by atoms with Gasteiger partial charge in [0.15, 0.2) is 0 Å². The van der Waals surface area contributed by atoms with E-state index in [0.29, 0.717) is 0 Å². The second kappa shape index (κ2) is 4.56. The molecule has 0 bridgehead atoms. The van der Waals surface area contributed by atoms with Crippen molar-refractivity contribution in [2.24, 2.45) is 0 Å². The number of anilines is 1. The normalized spacial score (nSPS) is 24.9. The molecule has 1 aliphatic carbocycles. The van der Waals surface area contributed by atoms with Gasteiger partial charge in [0.1, 0.15) is 5.60 Å². The van der Waals surface area contributed by atoms with Crippen LogP contribution in [0.25, 0.3) is 0 Å². The molecule has 0 amide bonds. The molecule has 2 heterocycles. The molecule has 102 valence electrons. The number of ether oxygens (including phenoxy) is 1. The van der Waals surface area contributed by atoms with E-state index in [1.54, 1.807) is 12.4 Å². The molecule has 1 aromatic heterocycles. The quantitative estimate of drug-likeness (QED) is 0.793. The molecule has 4 heteroatoms. The van der Waals surface area contributed by atoms with Gasteiger partial charge in [-0.25, -0.2) is 9.97 Å². The summed E-state index contributed by atoms with van der Waals surface area (Å²) in [6.07, 6.45) is 5.75. The van der Waals surface area contributed by atoms with Gasteiger partial charge in [-0.3, -0.25) is 0 Å². The molecule has 1 spiro atoms. The molecule has 0 saturated carbocycles. The third-order valence-corrected chi connectivity index (χ3v) is 4.33. The molecular weight excluding hydrogens is 250 g/mol. The average molecular weight is 267 g/mol. The van der Waals surface area contributed by atoms with Gasteiger partial charge in [0.2, 0.25) is 5.95 Å². The number of nitrogens with zero attached hydrogens (tertiary/aromatic N) is 3. The van der Waals surface area contributed by atoms with Crippen LogP contribution in [0.4, 0.5) is 5.95 Å². The van der Waals surface area contributed by atoms with E-state index in [1.807, 2.05) is 6.07 Å². The Morgan fingerprint density at radius 1 is 1.10 bits per heavy atom. The fourth-order valence-corrected chi connectivity index (χ4v) is 3.38. The molecule has 2 aliphatic rings. The second-order valence-corrected chi connectivity index (χ2v) is 5.47. The maximum Gasteiger partial charge on any atom is 0.225 e. The topological polar surface area (TPSA) is 38.2 Å². The van der Waals surface area contributed by atoms with Crippen LogP contribution in [0.15, 0.2) is 42.7 Å². The Morgan fingerprint density at radius 3 is 2.85 bits per heavy atom. The zero-order valence-electron chi connectivity index (χ0n) is 11.3. The van der Waals surface area contributed by atoms with Crippen molar-refractivity contribution in [2.75, 3.05) is 24.6 Å². The number of morpholine rings is 1. The van der Waals surface area contributed by atoms with Gasteiger partial charge in [-0.05, 0) is 30.0 Å². The van der Waals surface area contributed by atoms with Crippen molar-refractivity contribution in [1.29, 1.82) is 0 Å². The molecule has 1 fully saturated rings. The molecule has 4 nitrogen and oxygen atoms in total. The summed E-state index contributed by atoms with van der Waals surface area (Å²) < 4.78 is 6.21. The fourth-order valence-electron chi connectivity index (χ4n) is 3.38. The van der Waals surface area contributed by atoms with Crippen molar-refractivity contribution >= 4 is 5.95 Å². The Kier molecular flexibility index (Phi) is 2.70. The molecule has 1 unspecified atom stereocenters. The summed E-state index contributed by atoms with van der Waals surface area (Å²) in [4.78, 5) is 11.0. The van der Waals surface area contributed by atoms with Crippen LogP contribution >= 0.6 is 0 Å². The van der Waals surface area contributed by atoms with Gasteiger partial charge in [-0.1, -0.05) is 24.3 Å². The van der Waals surface area contributed by atoms with E-state index in [9.17, 15) is 0 Å². The van der Waals surface area contributed by atoms with Gasteiger partial charge >= 0.3 is 0 Å². The van der Waals surface area contributed by atoms with Crippen molar-refractivity contribution < 1.29 is 4.74 Å². The lowest BCUT2D eigenvalue weighted by Crippen LogP contribution is -2.49. The Balaban J connectivity index is 1.68. The second-order valence-electron chi connectivity index (χ2n) is 5.47. The molecule has 2 aromatic rings. The van der Waals surface area contributed by atoms with E-state index in [4.69, 9.17) is 4.74 Å². The fraction of sp³-hybridized carbons (Fsp3) is 0.375. The molecule has 1 atom stereocenters. The van der Waals surface area contributed by atoms with Crippen molar-refractivity contribution in [3.8, 4) is 0 Å². The van der Waals surface area contributed by atoms with Gasteiger partial charge in [0, 0.05) is 18.9 Å². The molecular formula is C16H17N3O. The van der Waals surface area contributed by atoms with Crippen LogP contribution in [0.3, 0.4) is 0 Å². The number of fused-ring (bicyclic) bond motifs is 2. The first-order chi connectivity index (χ1) is 9.87. The highest BCUT2D eigenvalue weighted by Crippen LogP contribution is 2.42. The van der Waals surface area contributed by atoms with Crippen LogP contribution in [0, 0.1) is 0 Å². The SMILES string of the molecule is c1cnc(N2CCOC3(CCc4ccccc43)C2)nc1. The third kappa shape index (κ3) is 1.79. The van der Waals surface area contributed by atoms with Crippen LogP contribution in [0.2, 0.25) is 0 Å². The Labute approximate surface area is 118 Å². The first kappa shape index (κ1) is 11.9. The van der Waals surface area contributed by atoms with Crippen molar-refractivity contribution in [3.05, 3.63) is 53.9 Å². The standard InChI is InChI=1S/C16H17N3O/c1-2-5-14-13(4-1)6-7-16(14)12-19(10-11-20-16)15-17-8-3-9-18-15/h1-5,8-9H,6-7,10-12H2. The number of benzene rings is 1. The molecule has 0 N–H and O–H groups in total. The third-order valence-electron chi connectivity index (χ3n) is 4.33.